The number of allylic oxidation sites excluding steroid dienone is 4. The van der Waals surface area contributed by atoms with Crippen molar-refractivity contribution in [3.63, 3.8) is 0 Å². The van der Waals surface area contributed by atoms with Crippen molar-refractivity contribution in [1.29, 1.82) is 0 Å². The molecule has 1 heterocycles. The van der Waals surface area contributed by atoms with E-state index in [1.807, 2.05) is 42.5 Å². The number of ether oxygens (including phenoxy) is 2. The number of phenolic OH excluding ortho intramolecular Hbond substituents is 1. The molecule has 1 aliphatic heterocycles. The van der Waals surface area contributed by atoms with E-state index in [2.05, 4.69) is 0 Å². The van der Waals surface area contributed by atoms with Crippen LogP contribution in [0.2, 0.25) is 0 Å². The van der Waals surface area contributed by atoms with E-state index in [9.17, 15) is 29.1 Å². The molecule has 3 aromatic carbocycles. The molecule has 0 spiro atoms. The van der Waals surface area contributed by atoms with Crippen molar-refractivity contribution >= 4 is 35.0 Å². The van der Waals surface area contributed by atoms with Crippen LogP contribution < -0.4 is 4.74 Å². The first kappa shape index (κ1) is 29.4. The van der Waals surface area contributed by atoms with Gasteiger partial charge in [-0.05, 0) is 53.7 Å². The average molecular weight is 618 g/mol. The number of benzene rings is 3. The molecule has 2 fully saturated rings. The van der Waals surface area contributed by atoms with Crippen molar-refractivity contribution in [3.8, 4) is 11.5 Å². The predicted octanol–water partition coefficient (Wildman–Crippen LogP) is 4.99. The summed E-state index contributed by atoms with van der Waals surface area (Å²) >= 11 is 0. The lowest BCUT2D eigenvalue weighted by molar-refractivity contribution is -0.138. The Morgan fingerprint density at radius 3 is 2.24 bits per heavy atom. The standard InChI is InChI=1S/C37H31NO8/c1-45-29-16-13-21(17-28(29)39)32-23-14-15-24-31(35(43)38(34(24)42)36(44)46-2)26(23)18-27-33(41)25(20-9-5-3-6-10-20)19-30(40)37(27,32)22-11-7-4-8-12-22/h3-14,16-17,19,24,26-27,31-32,39H,15,18H2,1-2H3. The minimum atomic E-state index is -1.43. The fraction of sp³-hybridized carbons (Fsp3) is 0.270. The summed E-state index contributed by atoms with van der Waals surface area (Å²) in [5.41, 5.74) is 1.36. The molecule has 1 saturated carbocycles. The van der Waals surface area contributed by atoms with Gasteiger partial charge in [0.05, 0.1) is 31.5 Å². The molecule has 0 radical (unpaired) electrons. The highest BCUT2D eigenvalue weighted by atomic mass is 16.5. The van der Waals surface area contributed by atoms with E-state index in [0.29, 0.717) is 21.6 Å². The number of amides is 3. The number of nitrogens with zero attached hydrogens (tertiary/aromatic N) is 1. The minimum absolute atomic E-state index is 0.101. The van der Waals surface area contributed by atoms with Crippen molar-refractivity contribution in [3.05, 3.63) is 113 Å². The molecule has 3 aromatic rings. The van der Waals surface area contributed by atoms with Crippen LogP contribution in [0.15, 0.2) is 96.6 Å². The molecule has 1 N–H and O–H groups in total. The first-order valence-electron chi connectivity index (χ1n) is 15.2. The monoisotopic (exact) mass is 617 g/mol. The summed E-state index contributed by atoms with van der Waals surface area (Å²) in [6.45, 7) is 0. The number of carbonyl (C=O) groups excluding carboxylic acids is 5. The van der Waals surface area contributed by atoms with Gasteiger partial charge in [-0.1, -0.05) is 78.4 Å². The summed E-state index contributed by atoms with van der Waals surface area (Å²) in [7, 11) is 2.55. The molecule has 0 bridgehead atoms. The zero-order valence-electron chi connectivity index (χ0n) is 25.2. The largest absolute Gasteiger partial charge is 0.504 e. The Morgan fingerprint density at radius 2 is 1.59 bits per heavy atom. The van der Waals surface area contributed by atoms with Crippen LogP contribution in [0.1, 0.15) is 35.4 Å². The van der Waals surface area contributed by atoms with Gasteiger partial charge in [0.2, 0.25) is 11.8 Å². The maximum Gasteiger partial charge on any atom is 0.423 e. The van der Waals surface area contributed by atoms with Crippen LogP contribution in [0.25, 0.3) is 5.57 Å². The molecule has 9 nitrogen and oxygen atoms in total. The van der Waals surface area contributed by atoms with Crippen molar-refractivity contribution in [1.82, 2.24) is 4.90 Å². The van der Waals surface area contributed by atoms with Crippen LogP contribution in [-0.2, 0) is 29.3 Å². The topological polar surface area (TPSA) is 127 Å². The third-order valence-corrected chi connectivity index (χ3v) is 10.3. The summed E-state index contributed by atoms with van der Waals surface area (Å²) in [5, 5.41) is 11.0. The van der Waals surface area contributed by atoms with Gasteiger partial charge in [0.15, 0.2) is 23.1 Å². The summed E-state index contributed by atoms with van der Waals surface area (Å²) in [6, 6.07) is 23.1. The number of rotatable bonds is 4. The van der Waals surface area contributed by atoms with Crippen LogP contribution in [0.3, 0.4) is 0 Å². The van der Waals surface area contributed by atoms with Gasteiger partial charge in [-0.25, -0.2) is 4.79 Å². The summed E-state index contributed by atoms with van der Waals surface area (Å²) in [6.07, 6.45) is 2.54. The number of carbonyl (C=O) groups is 5. The molecular formula is C37H31NO8. The number of aromatic hydroxyl groups is 1. The Kier molecular flexibility index (Phi) is 6.99. The third kappa shape index (κ3) is 4.04. The van der Waals surface area contributed by atoms with Gasteiger partial charge in [0.25, 0.3) is 0 Å². The number of hydrogen-bond donors (Lipinski definition) is 1. The Labute approximate surface area is 265 Å². The van der Waals surface area contributed by atoms with Crippen molar-refractivity contribution < 1.29 is 38.6 Å². The zero-order chi connectivity index (χ0) is 32.3. The second kappa shape index (κ2) is 10.9. The SMILES string of the molecule is COC(=O)N1C(=O)C2CC=C3C(CC4C(=O)C(c5ccccc5)=CC(=O)C4(c4ccccc4)C3c3ccc(OC)c(O)c3)C2C1=O. The molecule has 0 aromatic heterocycles. The van der Waals surface area contributed by atoms with Crippen LogP contribution in [-0.4, -0.2) is 53.7 Å². The number of likely N-dealkylation sites (tertiary alicyclic amines) is 1. The number of methoxy groups -OCH3 is 2. The predicted molar refractivity (Wildman–Crippen MR) is 165 cm³/mol. The molecule has 232 valence electrons. The molecule has 6 unspecified atom stereocenters. The molecule has 6 atom stereocenters. The molecule has 7 rings (SSSR count). The lowest BCUT2D eigenvalue weighted by Crippen LogP contribution is -2.58. The Balaban J connectivity index is 1.50. The number of fused-ring (bicyclic) bond motifs is 4. The fourth-order valence-corrected chi connectivity index (χ4v) is 8.41. The molecule has 9 heteroatoms. The summed E-state index contributed by atoms with van der Waals surface area (Å²) in [4.78, 5) is 70.2. The highest BCUT2D eigenvalue weighted by Gasteiger charge is 2.66. The van der Waals surface area contributed by atoms with Crippen molar-refractivity contribution in [2.24, 2.45) is 23.7 Å². The van der Waals surface area contributed by atoms with Gasteiger partial charge in [0.1, 0.15) is 0 Å². The van der Waals surface area contributed by atoms with E-state index in [1.54, 1.807) is 36.4 Å². The number of imide groups is 3. The van der Waals surface area contributed by atoms with Gasteiger partial charge >= 0.3 is 6.09 Å². The number of phenols is 1. The van der Waals surface area contributed by atoms with Crippen LogP contribution >= 0.6 is 0 Å². The minimum Gasteiger partial charge on any atom is -0.504 e. The van der Waals surface area contributed by atoms with E-state index >= 15 is 0 Å². The maximum absolute atomic E-state index is 14.9. The van der Waals surface area contributed by atoms with Crippen molar-refractivity contribution in [2.75, 3.05) is 14.2 Å². The lowest BCUT2D eigenvalue weighted by Gasteiger charge is -2.55. The van der Waals surface area contributed by atoms with E-state index in [4.69, 9.17) is 9.47 Å². The molecule has 46 heavy (non-hydrogen) atoms. The van der Waals surface area contributed by atoms with Gasteiger partial charge in [-0.15, -0.1) is 0 Å². The number of hydrogen-bond acceptors (Lipinski definition) is 8. The molecule has 1 saturated heterocycles. The van der Waals surface area contributed by atoms with E-state index in [0.717, 1.165) is 12.7 Å². The first-order chi connectivity index (χ1) is 22.2. The average Bonchev–Trinajstić information content (AvgIpc) is 3.34. The molecule has 3 aliphatic carbocycles. The zero-order valence-corrected chi connectivity index (χ0v) is 25.2. The van der Waals surface area contributed by atoms with E-state index in [-0.39, 0.29) is 41.5 Å². The van der Waals surface area contributed by atoms with Crippen LogP contribution in [0.4, 0.5) is 4.79 Å². The third-order valence-electron chi connectivity index (χ3n) is 10.3. The quantitative estimate of drug-likeness (QED) is 0.321. The summed E-state index contributed by atoms with van der Waals surface area (Å²) in [5.74, 6) is -5.85. The van der Waals surface area contributed by atoms with Gasteiger partial charge in [-0.3, -0.25) is 19.2 Å². The smallest absolute Gasteiger partial charge is 0.423 e. The Hall–Kier alpha value is -5.31. The van der Waals surface area contributed by atoms with Crippen LogP contribution in [0, 0.1) is 23.7 Å². The highest BCUT2D eigenvalue weighted by molar-refractivity contribution is 6.31. The number of ketones is 2. The van der Waals surface area contributed by atoms with Crippen molar-refractivity contribution in [2.45, 2.75) is 24.2 Å². The second-order valence-electron chi connectivity index (χ2n) is 12.2. The van der Waals surface area contributed by atoms with E-state index in [1.165, 1.54) is 19.3 Å². The van der Waals surface area contributed by atoms with Gasteiger partial charge in [-0.2, -0.15) is 4.90 Å². The Morgan fingerprint density at radius 1 is 0.891 bits per heavy atom. The fourth-order valence-electron chi connectivity index (χ4n) is 8.41. The molecular weight excluding hydrogens is 586 g/mol. The summed E-state index contributed by atoms with van der Waals surface area (Å²) < 4.78 is 10.1. The van der Waals surface area contributed by atoms with Crippen LogP contribution in [0.5, 0.6) is 11.5 Å². The van der Waals surface area contributed by atoms with Gasteiger partial charge < -0.3 is 14.6 Å². The molecule has 3 amide bonds. The normalized spacial score (nSPS) is 28.5. The van der Waals surface area contributed by atoms with Gasteiger partial charge in [0, 0.05) is 17.4 Å². The second-order valence-corrected chi connectivity index (χ2v) is 12.2. The molecule has 4 aliphatic rings. The Bertz CT molecular complexity index is 1860. The maximum atomic E-state index is 14.9. The lowest BCUT2D eigenvalue weighted by atomic mass is 9.44. The van der Waals surface area contributed by atoms with E-state index < -0.39 is 52.9 Å². The number of Topliss-reactive ketones (excluding diaryl/α,β-unsaturated/α-hetero) is 1. The first-order valence-corrected chi connectivity index (χ1v) is 15.2. The highest BCUT2D eigenvalue weighted by Crippen LogP contribution is 2.64.